The highest BCUT2D eigenvalue weighted by Gasteiger charge is 2.27. The smallest absolute Gasteiger partial charge is 0.333 e. The Labute approximate surface area is 204 Å². The molecule has 0 aliphatic carbocycles. The van der Waals surface area contributed by atoms with E-state index in [0.29, 0.717) is 41.2 Å². The number of carbonyl (C=O) groups excluding carboxylic acids is 1. The second kappa shape index (κ2) is 8.63. The van der Waals surface area contributed by atoms with Crippen molar-refractivity contribution in [3.63, 3.8) is 0 Å². The van der Waals surface area contributed by atoms with Crippen molar-refractivity contribution in [1.82, 2.24) is 19.4 Å². The Kier molecular flexibility index (Phi) is 5.30. The molecule has 3 aromatic carbocycles. The molecule has 0 unspecified atom stereocenters. The highest BCUT2D eigenvalue weighted by atomic mass is 32.1. The number of carbonyl (C=O) groups is 1. The molecule has 6 rings (SSSR count). The van der Waals surface area contributed by atoms with Gasteiger partial charge in [-0.15, -0.1) is 11.3 Å². The van der Waals surface area contributed by atoms with E-state index in [4.69, 9.17) is 4.98 Å². The Hall–Kier alpha value is -4.04. The van der Waals surface area contributed by atoms with Crippen LogP contribution in [-0.4, -0.2) is 38.4 Å². The summed E-state index contributed by atoms with van der Waals surface area (Å²) in [7, 11) is 0. The third kappa shape index (κ3) is 3.85. The van der Waals surface area contributed by atoms with Crippen LogP contribution < -0.4 is 11.2 Å². The summed E-state index contributed by atoms with van der Waals surface area (Å²) < 4.78 is 2.30. The van der Waals surface area contributed by atoms with Crippen LogP contribution in [0.25, 0.3) is 26.8 Å². The number of thiazole rings is 1. The van der Waals surface area contributed by atoms with Gasteiger partial charge in [0.05, 0.1) is 31.8 Å². The number of piperidine rings is 1. The van der Waals surface area contributed by atoms with Gasteiger partial charge in [-0.05, 0) is 55.3 Å². The molecule has 35 heavy (non-hydrogen) atoms. The first kappa shape index (κ1) is 21.5. The van der Waals surface area contributed by atoms with Crippen molar-refractivity contribution in [3.05, 3.63) is 104 Å². The number of hydrogen-bond donors (Lipinski definition) is 1. The molecule has 1 fully saturated rings. The summed E-state index contributed by atoms with van der Waals surface area (Å²) in [4.78, 5) is 48.3. The van der Waals surface area contributed by atoms with Gasteiger partial charge in [-0.25, -0.2) is 14.3 Å². The number of nitrogens with one attached hydrogen (secondary N) is 1. The molecule has 174 valence electrons. The van der Waals surface area contributed by atoms with Crippen LogP contribution in [0.5, 0.6) is 0 Å². The maximum absolute atomic E-state index is 13.2. The summed E-state index contributed by atoms with van der Waals surface area (Å²) in [6.45, 7) is 1.28. The molecule has 2 aromatic heterocycles. The fourth-order valence-electron chi connectivity index (χ4n) is 4.74. The van der Waals surface area contributed by atoms with E-state index < -0.39 is 11.2 Å². The quantitative estimate of drug-likeness (QED) is 0.415. The highest BCUT2D eigenvalue weighted by Crippen LogP contribution is 2.34. The first-order chi connectivity index (χ1) is 17.1. The number of nitrogens with zero attached hydrogens (tertiary/aromatic N) is 3. The highest BCUT2D eigenvalue weighted by molar-refractivity contribution is 7.18. The molecular formula is C27H22N4O3S. The molecular weight excluding hydrogens is 460 g/mol. The number of para-hydroxylation sites is 2. The number of benzene rings is 3. The van der Waals surface area contributed by atoms with Crippen LogP contribution in [0.1, 0.15) is 34.1 Å². The molecule has 0 bridgehead atoms. The number of likely N-dealkylation sites (tertiary alicyclic amines) is 1. The molecule has 1 amide bonds. The Morgan fingerprint density at radius 1 is 0.943 bits per heavy atom. The number of aromatic nitrogens is 3. The van der Waals surface area contributed by atoms with Crippen LogP contribution >= 0.6 is 11.3 Å². The van der Waals surface area contributed by atoms with Crippen molar-refractivity contribution in [2.24, 2.45) is 0 Å². The van der Waals surface area contributed by atoms with Crippen LogP contribution in [0.15, 0.2) is 82.4 Å². The van der Waals surface area contributed by atoms with E-state index in [1.165, 1.54) is 4.70 Å². The van der Waals surface area contributed by atoms with Gasteiger partial charge in [-0.1, -0.05) is 30.3 Å². The van der Waals surface area contributed by atoms with Gasteiger partial charge in [0.2, 0.25) is 0 Å². The fraction of sp³-hybridized carbons (Fsp3) is 0.185. The average molecular weight is 483 g/mol. The molecule has 5 aromatic rings. The first-order valence-corrected chi connectivity index (χ1v) is 12.4. The van der Waals surface area contributed by atoms with Crippen molar-refractivity contribution in [3.8, 4) is 5.69 Å². The topological polar surface area (TPSA) is 88.1 Å². The van der Waals surface area contributed by atoms with Crippen LogP contribution in [0.2, 0.25) is 0 Å². The second-order valence-corrected chi connectivity index (χ2v) is 9.82. The van der Waals surface area contributed by atoms with Crippen molar-refractivity contribution >= 4 is 38.4 Å². The van der Waals surface area contributed by atoms with E-state index in [0.717, 1.165) is 27.9 Å². The van der Waals surface area contributed by atoms with Gasteiger partial charge in [0, 0.05) is 24.6 Å². The lowest BCUT2D eigenvalue weighted by molar-refractivity contribution is 0.0713. The lowest BCUT2D eigenvalue weighted by Crippen LogP contribution is -2.38. The minimum Gasteiger partial charge on any atom is -0.339 e. The summed E-state index contributed by atoms with van der Waals surface area (Å²) >= 11 is 1.73. The molecule has 1 aliphatic heterocycles. The molecule has 0 atom stereocenters. The maximum Gasteiger partial charge on any atom is 0.333 e. The van der Waals surface area contributed by atoms with Gasteiger partial charge in [-0.3, -0.25) is 9.59 Å². The zero-order valence-corrected chi connectivity index (χ0v) is 19.6. The molecule has 1 aliphatic rings. The number of H-pyrrole nitrogens is 1. The van der Waals surface area contributed by atoms with Crippen LogP contribution in [0, 0.1) is 0 Å². The van der Waals surface area contributed by atoms with Gasteiger partial charge >= 0.3 is 5.69 Å². The van der Waals surface area contributed by atoms with Gasteiger partial charge in [0.25, 0.3) is 11.5 Å². The van der Waals surface area contributed by atoms with Crippen molar-refractivity contribution < 1.29 is 4.79 Å². The largest absolute Gasteiger partial charge is 0.339 e. The van der Waals surface area contributed by atoms with Gasteiger partial charge in [0.1, 0.15) is 0 Å². The normalized spacial score (nSPS) is 14.6. The molecule has 3 heterocycles. The van der Waals surface area contributed by atoms with Gasteiger partial charge < -0.3 is 9.88 Å². The molecule has 0 radical (unpaired) electrons. The van der Waals surface area contributed by atoms with E-state index in [1.807, 2.05) is 29.2 Å². The Balaban J connectivity index is 1.23. The monoisotopic (exact) mass is 482 g/mol. The van der Waals surface area contributed by atoms with E-state index in [1.54, 1.807) is 53.8 Å². The summed E-state index contributed by atoms with van der Waals surface area (Å²) in [5.41, 5.74) is 1.41. The summed E-state index contributed by atoms with van der Waals surface area (Å²) in [5, 5.41) is 1.50. The number of rotatable bonds is 3. The van der Waals surface area contributed by atoms with E-state index in [-0.39, 0.29) is 5.91 Å². The zero-order valence-electron chi connectivity index (χ0n) is 18.8. The molecule has 7 nitrogen and oxygen atoms in total. The standard InChI is InChI=1S/C27H22N4O3S/c32-25(30-14-12-17(13-15-30)24-28-21-8-4-5-9-23(21)35-24)18-10-11-20-22(16-18)29-27(34)31(26(20)33)19-6-2-1-3-7-19/h1-11,16-17H,12-15H2,(H,29,34). The van der Waals surface area contributed by atoms with Crippen molar-refractivity contribution in [2.45, 2.75) is 18.8 Å². The summed E-state index contributed by atoms with van der Waals surface area (Å²) in [5.74, 6) is 0.253. The fourth-order valence-corrected chi connectivity index (χ4v) is 5.88. The third-order valence-corrected chi connectivity index (χ3v) is 7.80. The molecule has 1 saturated heterocycles. The predicted octanol–water partition coefficient (Wildman–Crippen LogP) is 4.31. The van der Waals surface area contributed by atoms with Crippen LogP contribution in [-0.2, 0) is 0 Å². The lowest BCUT2D eigenvalue weighted by atomic mass is 9.97. The first-order valence-electron chi connectivity index (χ1n) is 11.6. The van der Waals surface area contributed by atoms with Gasteiger partial charge in [0.15, 0.2) is 0 Å². The summed E-state index contributed by atoms with van der Waals surface area (Å²) in [6, 6.07) is 21.8. The van der Waals surface area contributed by atoms with Crippen molar-refractivity contribution in [2.75, 3.05) is 13.1 Å². The third-order valence-electron chi connectivity index (χ3n) is 6.60. The van der Waals surface area contributed by atoms with Crippen LogP contribution in [0.3, 0.4) is 0 Å². The molecule has 8 heteroatoms. The van der Waals surface area contributed by atoms with E-state index in [9.17, 15) is 14.4 Å². The van der Waals surface area contributed by atoms with Crippen LogP contribution in [0.4, 0.5) is 0 Å². The molecule has 1 N–H and O–H groups in total. The predicted molar refractivity (Wildman–Crippen MR) is 138 cm³/mol. The Morgan fingerprint density at radius 3 is 2.46 bits per heavy atom. The number of amides is 1. The zero-order chi connectivity index (χ0) is 23.9. The molecule has 0 spiro atoms. The minimum absolute atomic E-state index is 0.0947. The van der Waals surface area contributed by atoms with E-state index >= 15 is 0 Å². The number of hydrogen-bond acceptors (Lipinski definition) is 5. The Bertz CT molecular complexity index is 1650. The average Bonchev–Trinajstić information content (AvgIpc) is 3.33. The van der Waals surface area contributed by atoms with Crippen molar-refractivity contribution in [1.29, 1.82) is 0 Å². The minimum atomic E-state index is -0.532. The van der Waals surface area contributed by atoms with Gasteiger partial charge in [-0.2, -0.15) is 0 Å². The Morgan fingerprint density at radius 2 is 1.69 bits per heavy atom. The SMILES string of the molecule is O=C(c1ccc2c(=O)n(-c3ccccc3)c(=O)[nH]c2c1)N1CCC(c2nc3ccccc3s2)CC1. The molecule has 0 saturated carbocycles. The number of aromatic amines is 1. The summed E-state index contributed by atoms with van der Waals surface area (Å²) in [6.07, 6.45) is 1.72. The lowest BCUT2D eigenvalue weighted by Gasteiger charge is -2.31. The van der Waals surface area contributed by atoms with E-state index in [2.05, 4.69) is 11.1 Å². The number of fused-ring (bicyclic) bond motifs is 2. The second-order valence-electron chi connectivity index (χ2n) is 8.75. The maximum atomic E-state index is 13.2.